The molecule has 1 heterocycles. The van der Waals surface area contributed by atoms with Gasteiger partial charge < -0.3 is 30.3 Å². The van der Waals surface area contributed by atoms with E-state index in [1.807, 2.05) is 67.6 Å². The van der Waals surface area contributed by atoms with E-state index >= 15 is 0 Å². The summed E-state index contributed by atoms with van der Waals surface area (Å²) in [5, 5.41) is 24.2. The average Bonchev–Trinajstić information content (AvgIpc) is 2.96. The highest BCUT2D eigenvalue weighted by Crippen LogP contribution is 2.43. The Morgan fingerprint density at radius 1 is 0.872 bits per heavy atom. The van der Waals surface area contributed by atoms with Crippen LogP contribution < -0.4 is 10.6 Å². The first-order valence-corrected chi connectivity index (χ1v) is 13.9. The van der Waals surface area contributed by atoms with E-state index in [-0.39, 0.29) is 36.3 Å². The molecular weight excluding hydrogens is 516 g/mol. The number of amides is 2. The smallest absolute Gasteiger partial charge is 0.335 e. The fourth-order valence-corrected chi connectivity index (χ4v) is 5.45. The van der Waals surface area contributed by atoms with Crippen LogP contribution in [0.4, 0.5) is 4.79 Å². The molecule has 1 aliphatic heterocycles. The van der Waals surface area contributed by atoms with Gasteiger partial charge in [0.05, 0.1) is 24.4 Å². The number of aliphatic hydroxyl groups excluding tert-OH is 1. The van der Waals surface area contributed by atoms with Crippen LogP contribution in [0, 0.1) is 5.92 Å². The number of carboxylic acids is 1. The van der Waals surface area contributed by atoms with Gasteiger partial charge in [0.15, 0.2) is 6.29 Å². The lowest BCUT2D eigenvalue weighted by molar-refractivity contribution is -0.268. The molecule has 0 aliphatic carbocycles. The summed E-state index contributed by atoms with van der Waals surface area (Å²) >= 11 is 1.61. The fourth-order valence-electron chi connectivity index (χ4n) is 4.38. The zero-order valence-corrected chi connectivity index (χ0v) is 22.8. The molecule has 4 rings (SSSR count). The van der Waals surface area contributed by atoms with Crippen LogP contribution in [0.25, 0.3) is 0 Å². The van der Waals surface area contributed by atoms with Gasteiger partial charge in [-0.1, -0.05) is 55.5 Å². The zero-order valence-electron chi connectivity index (χ0n) is 22.0. The summed E-state index contributed by atoms with van der Waals surface area (Å²) in [6, 6.07) is 22.2. The third-order valence-corrected chi connectivity index (χ3v) is 7.78. The molecule has 0 bridgehead atoms. The molecule has 1 aliphatic rings. The Morgan fingerprint density at radius 3 is 2.13 bits per heavy atom. The Labute approximate surface area is 232 Å². The topological polar surface area (TPSA) is 117 Å². The monoisotopic (exact) mass is 550 g/mol. The third-order valence-electron chi connectivity index (χ3n) is 6.68. The maximum Gasteiger partial charge on any atom is 0.335 e. The van der Waals surface area contributed by atoms with Crippen molar-refractivity contribution >= 4 is 23.8 Å². The number of hydrogen-bond donors (Lipinski definition) is 4. The molecule has 1 fully saturated rings. The molecule has 3 aromatic rings. The number of aliphatic hydroxyl groups is 1. The summed E-state index contributed by atoms with van der Waals surface area (Å²) in [6.07, 6.45) is -0.959. The van der Waals surface area contributed by atoms with Crippen LogP contribution in [0.1, 0.15) is 58.9 Å². The van der Waals surface area contributed by atoms with Crippen LogP contribution in [0.15, 0.2) is 77.7 Å². The Bertz CT molecular complexity index is 1230. The van der Waals surface area contributed by atoms with E-state index in [2.05, 4.69) is 17.6 Å². The van der Waals surface area contributed by atoms with Crippen molar-refractivity contribution in [1.82, 2.24) is 10.6 Å². The summed E-state index contributed by atoms with van der Waals surface area (Å²) in [6.45, 7) is 4.93. The highest BCUT2D eigenvalue weighted by atomic mass is 32.2. The zero-order chi connectivity index (χ0) is 27.8. The molecule has 0 saturated carbocycles. The molecule has 2 amide bonds. The number of carbonyl (C=O) groups is 2. The van der Waals surface area contributed by atoms with Gasteiger partial charge in [-0.15, -0.1) is 11.8 Å². The van der Waals surface area contributed by atoms with Crippen molar-refractivity contribution < 1.29 is 29.3 Å². The predicted molar refractivity (Wildman–Crippen MR) is 149 cm³/mol. The lowest BCUT2D eigenvalue weighted by Gasteiger charge is -2.41. The van der Waals surface area contributed by atoms with E-state index < -0.39 is 12.3 Å². The van der Waals surface area contributed by atoms with Crippen molar-refractivity contribution in [1.29, 1.82) is 0 Å². The molecule has 39 heavy (non-hydrogen) atoms. The van der Waals surface area contributed by atoms with Gasteiger partial charge in [0.25, 0.3) is 0 Å². The number of thioether (sulfide) groups is 1. The maximum absolute atomic E-state index is 11.7. The summed E-state index contributed by atoms with van der Waals surface area (Å²) < 4.78 is 13.0. The van der Waals surface area contributed by atoms with E-state index in [0.717, 1.165) is 27.1 Å². The van der Waals surface area contributed by atoms with Crippen molar-refractivity contribution in [3.05, 3.63) is 101 Å². The number of rotatable bonds is 10. The van der Waals surface area contributed by atoms with Gasteiger partial charge in [0.1, 0.15) is 0 Å². The molecule has 8 nitrogen and oxygen atoms in total. The van der Waals surface area contributed by atoms with Gasteiger partial charge in [-0.05, 0) is 47.9 Å². The Kier molecular flexibility index (Phi) is 10.00. The number of urea groups is 1. The lowest BCUT2D eigenvalue weighted by Crippen LogP contribution is -2.38. The highest BCUT2D eigenvalue weighted by molar-refractivity contribution is 7.99. The standard InChI is InChI=1S/C30H34N2O6S/c1-3-31-30(36)32-16-20-4-10-24(11-5-20)29-37-26(18-39-25-14-12-23(13-15-25)28(34)35)19(2)27(38-29)22-8-6-21(17-33)7-9-22/h4-15,19,26-27,29,33H,3,16-18H2,1-2H3,(H,34,35)(H2,31,32,36). The average molecular weight is 551 g/mol. The lowest BCUT2D eigenvalue weighted by atomic mass is 9.91. The molecule has 3 aromatic carbocycles. The van der Waals surface area contributed by atoms with E-state index in [9.17, 15) is 14.7 Å². The van der Waals surface area contributed by atoms with E-state index in [0.29, 0.717) is 18.8 Å². The minimum atomic E-state index is -0.947. The molecule has 1 saturated heterocycles. The van der Waals surface area contributed by atoms with Crippen molar-refractivity contribution in [3.63, 3.8) is 0 Å². The number of aromatic carboxylic acids is 1. The second-order valence-corrected chi connectivity index (χ2v) is 10.5. The van der Waals surface area contributed by atoms with Crippen LogP contribution in [0.5, 0.6) is 0 Å². The van der Waals surface area contributed by atoms with Gasteiger partial charge >= 0.3 is 12.0 Å². The first-order chi connectivity index (χ1) is 18.9. The molecule has 9 heteroatoms. The largest absolute Gasteiger partial charge is 0.478 e. The molecule has 4 N–H and O–H groups in total. The number of carboxylic acid groups (broad SMARTS) is 1. The second kappa shape index (κ2) is 13.6. The number of nitrogens with one attached hydrogen (secondary N) is 2. The maximum atomic E-state index is 11.7. The predicted octanol–water partition coefficient (Wildman–Crippen LogP) is 5.28. The molecule has 4 atom stereocenters. The molecule has 206 valence electrons. The fraction of sp³-hybridized carbons (Fsp3) is 0.333. The number of ether oxygens (including phenoxy) is 2. The van der Waals surface area contributed by atoms with Crippen molar-refractivity contribution in [2.75, 3.05) is 12.3 Å². The first kappa shape index (κ1) is 28.6. The number of benzene rings is 3. The van der Waals surface area contributed by atoms with Gasteiger partial charge in [0.2, 0.25) is 0 Å². The van der Waals surface area contributed by atoms with Gasteiger partial charge in [0, 0.05) is 35.2 Å². The quantitative estimate of drug-likeness (QED) is 0.254. The Morgan fingerprint density at radius 2 is 1.51 bits per heavy atom. The molecule has 0 aromatic heterocycles. The van der Waals surface area contributed by atoms with Gasteiger partial charge in [-0.3, -0.25) is 0 Å². The molecular formula is C30H34N2O6S. The molecule has 0 spiro atoms. The van der Waals surface area contributed by atoms with Crippen LogP contribution in [0.2, 0.25) is 0 Å². The van der Waals surface area contributed by atoms with E-state index in [1.165, 1.54) is 0 Å². The Balaban J connectivity index is 1.50. The summed E-state index contributed by atoms with van der Waals surface area (Å²) in [7, 11) is 0. The van der Waals surface area contributed by atoms with E-state index in [4.69, 9.17) is 14.6 Å². The Hall–Kier alpha value is -3.37. The van der Waals surface area contributed by atoms with Crippen molar-refractivity contribution in [3.8, 4) is 0 Å². The van der Waals surface area contributed by atoms with Gasteiger partial charge in [-0.2, -0.15) is 0 Å². The van der Waals surface area contributed by atoms with Crippen LogP contribution in [-0.4, -0.2) is 40.6 Å². The number of carbonyl (C=O) groups excluding carboxylic acids is 1. The van der Waals surface area contributed by atoms with E-state index in [1.54, 1.807) is 23.9 Å². The SMILES string of the molecule is CCNC(=O)NCc1ccc(C2OC(CSc3ccc(C(=O)O)cc3)C(C)C(c3ccc(CO)cc3)O2)cc1. The van der Waals surface area contributed by atoms with Crippen LogP contribution >= 0.6 is 11.8 Å². The van der Waals surface area contributed by atoms with Crippen molar-refractivity contribution in [2.45, 2.75) is 50.4 Å². The highest BCUT2D eigenvalue weighted by Gasteiger charge is 2.38. The van der Waals surface area contributed by atoms with Crippen molar-refractivity contribution in [2.24, 2.45) is 5.92 Å². The minimum Gasteiger partial charge on any atom is -0.478 e. The first-order valence-electron chi connectivity index (χ1n) is 12.9. The molecule has 4 unspecified atom stereocenters. The van der Waals surface area contributed by atoms with Crippen LogP contribution in [-0.2, 0) is 22.6 Å². The van der Waals surface area contributed by atoms with Gasteiger partial charge in [-0.25, -0.2) is 9.59 Å². The summed E-state index contributed by atoms with van der Waals surface area (Å²) in [5.41, 5.74) is 3.94. The minimum absolute atomic E-state index is 0.0195. The molecule has 0 radical (unpaired) electrons. The third kappa shape index (κ3) is 7.60. The summed E-state index contributed by atoms with van der Waals surface area (Å²) in [5.74, 6) is -0.253. The van der Waals surface area contributed by atoms with Crippen LogP contribution in [0.3, 0.4) is 0 Å². The second-order valence-electron chi connectivity index (χ2n) is 9.42. The normalized spacial score (nSPS) is 20.8. The number of hydrogen-bond acceptors (Lipinski definition) is 6. The summed E-state index contributed by atoms with van der Waals surface area (Å²) in [4.78, 5) is 23.9.